The van der Waals surface area contributed by atoms with Crippen molar-refractivity contribution in [3.05, 3.63) is 12.2 Å². The van der Waals surface area contributed by atoms with E-state index in [0.717, 1.165) is 25.7 Å². The Balaban J connectivity index is 3.32. The largest absolute Gasteiger partial charge is 0.481 e. The first-order chi connectivity index (χ1) is 7.16. The van der Waals surface area contributed by atoms with Crippen LogP contribution in [0, 0.1) is 0 Å². The molecule has 0 aliphatic carbocycles. The number of aliphatic hydroxyl groups is 1. The maximum atomic E-state index is 10.2. The van der Waals surface area contributed by atoms with Crippen LogP contribution in [-0.4, -0.2) is 22.3 Å². The van der Waals surface area contributed by atoms with Crippen molar-refractivity contribution in [2.75, 3.05) is 0 Å². The molecule has 0 spiro atoms. The van der Waals surface area contributed by atoms with E-state index in [0.29, 0.717) is 12.8 Å². The lowest BCUT2D eigenvalue weighted by Crippen LogP contribution is -2.06. The third kappa shape index (κ3) is 11.1. The zero-order valence-corrected chi connectivity index (χ0v) is 9.48. The normalized spacial score (nSPS) is 13.2. The van der Waals surface area contributed by atoms with Crippen molar-refractivity contribution in [3.63, 3.8) is 0 Å². The van der Waals surface area contributed by atoms with Crippen molar-refractivity contribution in [1.29, 1.82) is 0 Å². The molecule has 0 heterocycles. The Hall–Kier alpha value is -0.830. The van der Waals surface area contributed by atoms with Crippen LogP contribution in [0.15, 0.2) is 12.2 Å². The second-order valence-electron chi connectivity index (χ2n) is 3.78. The Labute approximate surface area is 91.8 Å². The molecule has 0 aliphatic rings. The highest BCUT2D eigenvalue weighted by atomic mass is 16.4. The molecule has 0 saturated heterocycles. The molecule has 0 rings (SSSR count). The summed E-state index contributed by atoms with van der Waals surface area (Å²) in [6.45, 7) is 2.13. The van der Waals surface area contributed by atoms with Crippen LogP contribution in [0.2, 0.25) is 0 Å². The van der Waals surface area contributed by atoms with Crippen LogP contribution in [0.1, 0.15) is 51.9 Å². The van der Waals surface area contributed by atoms with Crippen LogP contribution in [0.3, 0.4) is 0 Å². The molecule has 3 heteroatoms. The summed E-state index contributed by atoms with van der Waals surface area (Å²) in [5.41, 5.74) is 0. The Morgan fingerprint density at radius 1 is 1.27 bits per heavy atom. The number of hydrogen-bond donors (Lipinski definition) is 2. The molecule has 1 atom stereocenters. The van der Waals surface area contributed by atoms with E-state index in [2.05, 4.69) is 19.1 Å². The van der Waals surface area contributed by atoms with Crippen molar-refractivity contribution >= 4 is 5.97 Å². The molecule has 0 amide bonds. The Bertz CT molecular complexity index is 187. The highest BCUT2D eigenvalue weighted by Gasteiger charge is 2.04. The summed E-state index contributed by atoms with van der Waals surface area (Å²) in [6.07, 6.45) is 9.04. The predicted octanol–water partition coefficient (Wildman–Crippen LogP) is 2.74. The quantitative estimate of drug-likeness (QED) is 0.580. The Morgan fingerprint density at radius 3 is 2.53 bits per heavy atom. The van der Waals surface area contributed by atoms with Gasteiger partial charge >= 0.3 is 5.97 Å². The fraction of sp³-hybridized carbons (Fsp3) is 0.750. The maximum Gasteiger partial charge on any atom is 0.303 e. The summed E-state index contributed by atoms with van der Waals surface area (Å²) in [5.74, 6) is -0.787. The highest BCUT2D eigenvalue weighted by molar-refractivity contribution is 5.66. The van der Waals surface area contributed by atoms with Crippen LogP contribution in [0.5, 0.6) is 0 Å². The molecule has 0 aromatic heterocycles. The lowest BCUT2D eigenvalue weighted by Gasteiger charge is -2.07. The average Bonchev–Trinajstić information content (AvgIpc) is 2.17. The first kappa shape index (κ1) is 14.2. The van der Waals surface area contributed by atoms with Crippen LogP contribution in [-0.2, 0) is 4.79 Å². The van der Waals surface area contributed by atoms with Crippen molar-refractivity contribution in [3.8, 4) is 0 Å². The van der Waals surface area contributed by atoms with Gasteiger partial charge < -0.3 is 10.2 Å². The van der Waals surface area contributed by atoms with E-state index in [1.807, 2.05) is 0 Å². The van der Waals surface area contributed by atoms with Crippen LogP contribution >= 0.6 is 0 Å². The van der Waals surface area contributed by atoms with Gasteiger partial charge in [0.25, 0.3) is 0 Å². The molecular weight excluding hydrogens is 192 g/mol. The molecule has 0 fully saturated rings. The van der Waals surface area contributed by atoms with Gasteiger partial charge in [-0.15, -0.1) is 0 Å². The first-order valence-corrected chi connectivity index (χ1v) is 5.71. The van der Waals surface area contributed by atoms with Gasteiger partial charge in [-0.2, -0.15) is 0 Å². The predicted molar refractivity (Wildman–Crippen MR) is 60.8 cm³/mol. The third-order valence-electron chi connectivity index (χ3n) is 2.22. The third-order valence-corrected chi connectivity index (χ3v) is 2.22. The monoisotopic (exact) mass is 214 g/mol. The minimum atomic E-state index is -0.787. The van der Waals surface area contributed by atoms with E-state index in [9.17, 15) is 9.90 Å². The molecule has 0 bridgehead atoms. The van der Waals surface area contributed by atoms with Crippen LogP contribution in [0.4, 0.5) is 0 Å². The molecule has 88 valence electrons. The zero-order valence-electron chi connectivity index (χ0n) is 9.48. The van der Waals surface area contributed by atoms with Crippen LogP contribution < -0.4 is 0 Å². The van der Waals surface area contributed by atoms with Gasteiger partial charge in [0.15, 0.2) is 0 Å². The van der Waals surface area contributed by atoms with Gasteiger partial charge in [0.05, 0.1) is 6.10 Å². The fourth-order valence-electron chi connectivity index (χ4n) is 1.32. The van der Waals surface area contributed by atoms with Crippen molar-refractivity contribution in [2.24, 2.45) is 0 Å². The molecular formula is C12H22O3. The lowest BCUT2D eigenvalue weighted by molar-refractivity contribution is -0.137. The van der Waals surface area contributed by atoms with Gasteiger partial charge in [-0.1, -0.05) is 25.5 Å². The summed E-state index contributed by atoms with van der Waals surface area (Å²) in [5, 5.41) is 17.9. The smallest absolute Gasteiger partial charge is 0.303 e. The second-order valence-corrected chi connectivity index (χ2v) is 3.78. The number of unbranched alkanes of at least 4 members (excludes halogenated alkanes) is 1. The molecule has 15 heavy (non-hydrogen) atoms. The van der Waals surface area contributed by atoms with Crippen LogP contribution in [0.25, 0.3) is 0 Å². The summed E-state index contributed by atoms with van der Waals surface area (Å²) in [7, 11) is 0. The van der Waals surface area contributed by atoms with E-state index in [1.54, 1.807) is 0 Å². The standard InChI is InChI=1S/C12H22O3/c1-2-3-4-5-6-8-11(13)9-7-10-12(14)15/h4-5,11,13H,2-3,6-10H2,1H3,(H,14,15)/b5-4+. The SMILES string of the molecule is CCC/C=C/CCC(O)CCCC(=O)O. The Kier molecular flexibility index (Phi) is 9.18. The van der Waals surface area contributed by atoms with E-state index >= 15 is 0 Å². The number of rotatable bonds is 9. The minimum Gasteiger partial charge on any atom is -0.481 e. The average molecular weight is 214 g/mol. The molecule has 0 saturated carbocycles. The molecule has 3 nitrogen and oxygen atoms in total. The van der Waals surface area contributed by atoms with E-state index in [1.165, 1.54) is 0 Å². The number of hydrogen-bond acceptors (Lipinski definition) is 2. The van der Waals surface area contributed by atoms with E-state index in [4.69, 9.17) is 5.11 Å². The molecule has 2 N–H and O–H groups in total. The number of aliphatic carboxylic acids is 1. The molecule has 0 radical (unpaired) electrons. The number of allylic oxidation sites excluding steroid dienone is 2. The topological polar surface area (TPSA) is 57.5 Å². The lowest BCUT2D eigenvalue weighted by atomic mass is 10.1. The van der Waals surface area contributed by atoms with E-state index in [-0.39, 0.29) is 12.5 Å². The van der Waals surface area contributed by atoms with Crippen molar-refractivity contribution in [2.45, 2.75) is 58.0 Å². The number of carboxylic acids is 1. The van der Waals surface area contributed by atoms with Gasteiger partial charge in [0.1, 0.15) is 0 Å². The maximum absolute atomic E-state index is 10.2. The minimum absolute atomic E-state index is 0.155. The van der Waals surface area contributed by atoms with Gasteiger partial charge in [0, 0.05) is 6.42 Å². The highest BCUT2D eigenvalue weighted by Crippen LogP contribution is 2.07. The van der Waals surface area contributed by atoms with Gasteiger partial charge in [0.2, 0.25) is 0 Å². The number of aliphatic hydroxyl groups excluding tert-OH is 1. The summed E-state index contributed by atoms with van der Waals surface area (Å²) in [6, 6.07) is 0. The summed E-state index contributed by atoms with van der Waals surface area (Å²) < 4.78 is 0. The summed E-state index contributed by atoms with van der Waals surface area (Å²) >= 11 is 0. The molecule has 0 aliphatic heterocycles. The molecule has 1 unspecified atom stereocenters. The Morgan fingerprint density at radius 2 is 1.93 bits per heavy atom. The van der Waals surface area contributed by atoms with Crippen molar-refractivity contribution in [1.82, 2.24) is 0 Å². The molecule has 0 aromatic rings. The van der Waals surface area contributed by atoms with Crippen molar-refractivity contribution < 1.29 is 15.0 Å². The number of carbonyl (C=O) groups is 1. The number of carboxylic acid groups (broad SMARTS) is 1. The van der Waals surface area contributed by atoms with E-state index < -0.39 is 5.97 Å². The van der Waals surface area contributed by atoms with Gasteiger partial charge in [-0.05, 0) is 32.1 Å². The summed E-state index contributed by atoms with van der Waals surface area (Å²) in [4.78, 5) is 10.2. The fourth-order valence-corrected chi connectivity index (χ4v) is 1.32. The first-order valence-electron chi connectivity index (χ1n) is 5.71. The molecule has 0 aromatic carbocycles. The second kappa shape index (κ2) is 9.71. The van der Waals surface area contributed by atoms with Gasteiger partial charge in [-0.3, -0.25) is 4.79 Å². The van der Waals surface area contributed by atoms with Gasteiger partial charge in [-0.25, -0.2) is 0 Å². The zero-order chi connectivity index (χ0) is 11.5.